The van der Waals surface area contributed by atoms with Crippen molar-refractivity contribution in [3.63, 3.8) is 0 Å². The van der Waals surface area contributed by atoms with Crippen LogP contribution in [0.4, 0.5) is 5.69 Å². The summed E-state index contributed by atoms with van der Waals surface area (Å²) < 4.78 is 16.3. The molecule has 0 fully saturated rings. The van der Waals surface area contributed by atoms with Crippen LogP contribution in [0.25, 0.3) is 0 Å². The zero-order valence-electron chi connectivity index (χ0n) is 15.9. The van der Waals surface area contributed by atoms with Crippen LogP contribution in [0.1, 0.15) is 37.0 Å². The van der Waals surface area contributed by atoms with E-state index in [2.05, 4.69) is 5.32 Å². The molecule has 0 atom stereocenters. The molecule has 1 N–H and O–H groups in total. The molecule has 144 valence electrons. The van der Waals surface area contributed by atoms with Gasteiger partial charge in [0.1, 0.15) is 5.75 Å². The first-order chi connectivity index (χ1) is 13.0. The molecule has 0 radical (unpaired) electrons. The maximum Gasteiger partial charge on any atom is 0.224 e. The molecule has 0 heterocycles. The number of anilines is 1. The SMILES string of the molecule is CCOc1ccc(NC(=O)CCCOc2ccc(C(C)=O)cc2OC)cc1. The van der Waals surface area contributed by atoms with Crippen LogP contribution in [-0.2, 0) is 4.79 Å². The lowest BCUT2D eigenvalue weighted by molar-refractivity contribution is -0.116. The number of hydrogen-bond acceptors (Lipinski definition) is 5. The van der Waals surface area contributed by atoms with Crippen LogP contribution in [0.3, 0.4) is 0 Å². The average molecular weight is 371 g/mol. The number of amides is 1. The van der Waals surface area contributed by atoms with Crippen LogP contribution in [0, 0.1) is 0 Å². The average Bonchev–Trinajstić information content (AvgIpc) is 2.67. The van der Waals surface area contributed by atoms with Gasteiger partial charge in [0.05, 0.1) is 20.3 Å². The normalized spacial score (nSPS) is 10.2. The second-order valence-electron chi connectivity index (χ2n) is 5.88. The van der Waals surface area contributed by atoms with Crippen molar-refractivity contribution in [1.82, 2.24) is 0 Å². The van der Waals surface area contributed by atoms with Crippen molar-refractivity contribution < 1.29 is 23.8 Å². The van der Waals surface area contributed by atoms with E-state index in [1.807, 2.05) is 19.1 Å². The van der Waals surface area contributed by atoms with E-state index in [0.29, 0.717) is 43.1 Å². The van der Waals surface area contributed by atoms with Crippen molar-refractivity contribution in [2.45, 2.75) is 26.7 Å². The number of hydrogen-bond donors (Lipinski definition) is 1. The van der Waals surface area contributed by atoms with E-state index in [4.69, 9.17) is 14.2 Å². The van der Waals surface area contributed by atoms with E-state index < -0.39 is 0 Å². The zero-order chi connectivity index (χ0) is 19.6. The number of ketones is 1. The van der Waals surface area contributed by atoms with Crippen molar-refractivity contribution in [1.29, 1.82) is 0 Å². The summed E-state index contributed by atoms with van der Waals surface area (Å²) in [5.74, 6) is 1.71. The molecule has 0 spiro atoms. The minimum atomic E-state index is -0.0818. The van der Waals surface area contributed by atoms with Crippen LogP contribution in [0.15, 0.2) is 42.5 Å². The molecule has 0 aliphatic carbocycles. The van der Waals surface area contributed by atoms with Crippen LogP contribution < -0.4 is 19.5 Å². The fraction of sp³-hybridized carbons (Fsp3) is 0.333. The Hall–Kier alpha value is -3.02. The number of rotatable bonds is 10. The third-order valence-corrected chi connectivity index (χ3v) is 3.82. The van der Waals surface area contributed by atoms with Gasteiger partial charge in [-0.3, -0.25) is 9.59 Å². The molecule has 0 bridgehead atoms. The summed E-state index contributed by atoms with van der Waals surface area (Å²) in [5, 5.41) is 2.84. The summed E-state index contributed by atoms with van der Waals surface area (Å²) in [6, 6.07) is 12.3. The Kier molecular flexibility index (Phi) is 7.67. The van der Waals surface area contributed by atoms with Gasteiger partial charge < -0.3 is 19.5 Å². The fourth-order valence-electron chi connectivity index (χ4n) is 2.45. The Morgan fingerprint density at radius 3 is 2.37 bits per heavy atom. The van der Waals surface area contributed by atoms with E-state index in [1.165, 1.54) is 14.0 Å². The molecule has 2 aromatic rings. The van der Waals surface area contributed by atoms with Gasteiger partial charge in [0.15, 0.2) is 17.3 Å². The van der Waals surface area contributed by atoms with E-state index in [1.54, 1.807) is 30.3 Å². The van der Waals surface area contributed by atoms with Gasteiger partial charge in [-0.25, -0.2) is 0 Å². The topological polar surface area (TPSA) is 73.9 Å². The molecule has 2 aromatic carbocycles. The van der Waals surface area contributed by atoms with Crippen LogP contribution >= 0.6 is 0 Å². The van der Waals surface area contributed by atoms with E-state index >= 15 is 0 Å². The summed E-state index contributed by atoms with van der Waals surface area (Å²) in [7, 11) is 1.52. The summed E-state index contributed by atoms with van der Waals surface area (Å²) in [4.78, 5) is 23.4. The smallest absolute Gasteiger partial charge is 0.224 e. The Bertz CT molecular complexity index is 771. The maximum absolute atomic E-state index is 12.0. The first-order valence-corrected chi connectivity index (χ1v) is 8.88. The molecule has 0 aromatic heterocycles. The van der Waals surface area contributed by atoms with Gasteiger partial charge in [-0.2, -0.15) is 0 Å². The molecule has 0 aliphatic heterocycles. The predicted molar refractivity (Wildman–Crippen MR) is 104 cm³/mol. The van der Waals surface area contributed by atoms with Gasteiger partial charge in [-0.05, 0) is 62.7 Å². The number of nitrogens with one attached hydrogen (secondary N) is 1. The first-order valence-electron chi connectivity index (χ1n) is 8.88. The maximum atomic E-state index is 12.0. The van der Waals surface area contributed by atoms with Gasteiger partial charge in [0.25, 0.3) is 0 Å². The Balaban J connectivity index is 1.77. The standard InChI is InChI=1S/C21H25NO5/c1-4-26-18-10-8-17(9-11-18)22-21(24)6-5-13-27-19-12-7-16(15(2)23)14-20(19)25-3/h7-12,14H,4-6,13H2,1-3H3,(H,22,24). The second-order valence-corrected chi connectivity index (χ2v) is 5.88. The summed E-state index contributed by atoms with van der Waals surface area (Å²) in [6.45, 7) is 4.39. The predicted octanol–water partition coefficient (Wildman–Crippen LogP) is 4.09. The Morgan fingerprint density at radius 2 is 1.74 bits per heavy atom. The molecule has 1 amide bonds. The highest BCUT2D eigenvalue weighted by atomic mass is 16.5. The largest absolute Gasteiger partial charge is 0.494 e. The molecule has 6 heteroatoms. The highest BCUT2D eigenvalue weighted by Gasteiger charge is 2.09. The summed E-state index contributed by atoms with van der Waals surface area (Å²) in [5.41, 5.74) is 1.29. The van der Waals surface area contributed by atoms with E-state index in [9.17, 15) is 9.59 Å². The van der Waals surface area contributed by atoms with Crippen molar-refractivity contribution >= 4 is 17.4 Å². The van der Waals surface area contributed by atoms with Crippen LogP contribution in [-0.4, -0.2) is 32.0 Å². The molecule has 0 saturated carbocycles. The van der Waals surface area contributed by atoms with Gasteiger partial charge >= 0.3 is 0 Å². The van der Waals surface area contributed by atoms with Gasteiger partial charge in [-0.15, -0.1) is 0 Å². The van der Waals surface area contributed by atoms with Gasteiger partial charge in [0.2, 0.25) is 5.91 Å². The molecule has 0 saturated heterocycles. The lowest BCUT2D eigenvalue weighted by atomic mass is 10.1. The highest BCUT2D eigenvalue weighted by molar-refractivity contribution is 5.94. The van der Waals surface area contributed by atoms with Crippen LogP contribution in [0.5, 0.6) is 17.2 Å². The number of methoxy groups -OCH3 is 1. The lowest BCUT2D eigenvalue weighted by Gasteiger charge is -2.11. The number of Topliss-reactive ketones (excluding diaryl/α,β-unsaturated/α-hetero) is 1. The molecular formula is C21H25NO5. The molecule has 0 unspecified atom stereocenters. The minimum absolute atomic E-state index is 0.0363. The zero-order valence-corrected chi connectivity index (χ0v) is 15.9. The van der Waals surface area contributed by atoms with Crippen molar-refractivity contribution in [3.8, 4) is 17.2 Å². The van der Waals surface area contributed by atoms with Gasteiger partial charge in [-0.1, -0.05) is 0 Å². The van der Waals surface area contributed by atoms with E-state index in [0.717, 1.165) is 11.4 Å². The molecule has 6 nitrogen and oxygen atoms in total. The fourth-order valence-corrected chi connectivity index (χ4v) is 2.45. The number of carbonyl (C=O) groups excluding carboxylic acids is 2. The summed E-state index contributed by atoms with van der Waals surface area (Å²) in [6.07, 6.45) is 0.890. The lowest BCUT2D eigenvalue weighted by Crippen LogP contribution is -2.13. The third-order valence-electron chi connectivity index (χ3n) is 3.82. The van der Waals surface area contributed by atoms with Crippen molar-refractivity contribution in [2.24, 2.45) is 0 Å². The number of benzene rings is 2. The van der Waals surface area contributed by atoms with E-state index in [-0.39, 0.29) is 11.7 Å². The summed E-state index contributed by atoms with van der Waals surface area (Å²) >= 11 is 0. The number of ether oxygens (including phenoxy) is 3. The van der Waals surface area contributed by atoms with Gasteiger partial charge in [0, 0.05) is 17.7 Å². The Morgan fingerprint density at radius 1 is 1.00 bits per heavy atom. The first kappa shape index (κ1) is 20.3. The molecule has 2 rings (SSSR count). The minimum Gasteiger partial charge on any atom is -0.494 e. The highest BCUT2D eigenvalue weighted by Crippen LogP contribution is 2.28. The molecular weight excluding hydrogens is 346 g/mol. The molecule has 27 heavy (non-hydrogen) atoms. The van der Waals surface area contributed by atoms with Crippen LogP contribution in [0.2, 0.25) is 0 Å². The van der Waals surface area contributed by atoms with Crippen molar-refractivity contribution in [3.05, 3.63) is 48.0 Å². The quantitative estimate of drug-likeness (QED) is 0.503. The Labute approximate surface area is 159 Å². The molecule has 0 aliphatic rings. The monoisotopic (exact) mass is 371 g/mol. The third kappa shape index (κ3) is 6.33. The second kappa shape index (κ2) is 10.2. The number of carbonyl (C=O) groups is 2. The van der Waals surface area contributed by atoms with Crippen molar-refractivity contribution in [2.75, 3.05) is 25.6 Å².